The molecule has 9 nitrogen and oxygen atoms in total. The lowest BCUT2D eigenvalue weighted by Crippen LogP contribution is -2.75. The predicted molar refractivity (Wildman–Crippen MR) is 109 cm³/mol. The van der Waals surface area contributed by atoms with E-state index in [0.717, 1.165) is 17.0 Å². The van der Waals surface area contributed by atoms with Crippen LogP contribution in [0.5, 0.6) is 0 Å². The molecular weight excluding hydrogens is 388 g/mol. The summed E-state index contributed by atoms with van der Waals surface area (Å²) in [5.41, 5.74) is -0.995. The number of rotatable bonds is 1. The van der Waals surface area contributed by atoms with Gasteiger partial charge < -0.3 is 4.90 Å². The Morgan fingerprint density at radius 1 is 1.23 bits per heavy atom. The van der Waals surface area contributed by atoms with Crippen molar-refractivity contribution in [3.05, 3.63) is 33.9 Å². The molecule has 1 aromatic carbocycles. The quantitative estimate of drug-likeness (QED) is 0.429. The van der Waals surface area contributed by atoms with Crippen LogP contribution in [0.3, 0.4) is 0 Å². The van der Waals surface area contributed by atoms with E-state index in [2.05, 4.69) is 12.2 Å². The summed E-state index contributed by atoms with van der Waals surface area (Å²) in [5.74, 6) is -0.826. The van der Waals surface area contributed by atoms with Crippen LogP contribution in [-0.4, -0.2) is 45.8 Å². The molecule has 1 spiro atoms. The molecule has 4 amide bonds. The fraction of sp³-hybridized carbons (Fsp3) is 0.571. The minimum Gasteiger partial charge on any atom is -0.367 e. The number of urea groups is 1. The second kappa shape index (κ2) is 6.52. The molecule has 9 heteroatoms. The number of carbonyl (C=O) groups excluding carboxylic acids is 3. The van der Waals surface area contributed by atoms with Crippen LogP contribution in [0.15, 0.2) is 18.2 Å². The maximum Gasteiger partial charge on any atom is 0.331 e. The molecule has 1 aromatic rings. The van der Waals surface area contributed by atoms with E-state index in [1.54, 1.807) is 26.8 Å². The van der Waals surface area contributed by atoms with Crippen LogP contribution in [-0.2, 0) is 16.0 Å². The van der Waals surface area contributed by atoms with Gasteiger partial charge in [0.1, 0.15) is 0 Å². The molecule has 0 saturated carbocycles. The lowest BCUT2D eigenvalue weighted by atomic mass is 9.64. The number of imide groups is 2. The Kier molecular flexibility index (Phi) is 4.41. The van der Waals surface area contributed by atoms with Gasteiger partial charge in [0, 0.05) is 36.3 Å². The Labute approximate surface area is 174 Å². The van der Waals surface area contributed by atoms with E-state index in [1.807, 2.05) is 4.90 Å². The molecule has 2 saturated heterocycles. The number of nitrogens with one attached hydrogen (secondary N) is 1. The molecule has 0 radical (unpaired) electrons. The van der Waals surface area contributed by atoms with Crippen molar-refractivity contribution in [2.75, 3.05) is 11.4 Å². The summed E-state index contributed by atoms with van der Waals surface area (Å²) in [7, 11) is 0. The molecule has 3 heterocycles. The number of carbonyl (C=O) groups is 3. The summed E-state index contributed by atoms with van der Waals surface area (Å²) in [6, 6.07) is 3.48. The van der Waals surface area contributed by atoms with Crippen LogP contribution in [0.2, 0.25) is 0 Å². The topological polar surface area (TPSA) is 113 Å². The van der Waals surface area contributed by atoms with Crippen molar-refractivity contribution >= 4 is 29.2 Å². The minimum absolute atomic E-state index is 0.0302. The van der Waals surface area contributed by atoms with E-state index >= 15 is 0 Å². The summed E-state index contributed by atoms with van der Waals surface area (Å²) in [5, 5.41) is 13.7. The van der Waals surface area contributed by atoms with Gasteiger partial charge in [0.25, 0.3) is 5.69 Å². The fourth-order valence-corrected chi connectivity index (χ4v) is 5.13. The molecule has 0 bridgehead atoms. The molecule has 3 aliphatic heterocycles. The van der Waals surface area contributed by atoms with Crippen molar-refractivity contribution in [2.45, 2.75) is 58.5 Å². The van der Waals surface area contributed by atoms with Gasteiger partial charge in [-0.15, -0.1) is 0 Å². The number of barbiturate groups is 1. The van der Waals surface area contributed by atoms with Gasteiger partial charge in [-0.3, -0.25) is 29.9 Å². The third-order valence-electron chi connectivity index (χ3n) is 6.57. The zero-order valence-electron chi connectivity index (χ0n) is 17.6. The lowest BCUT2D eigenvalue weighted by Gasteiger charge is -2.55. The highest BCUT2D eigenvalue weighted by Gasteiger charge is 2.63. The van der Waals surface area contributed by atoms with Crippen LogP contribution < -0.4 is 10.2 Å². The fourth-order valence-electron chi connectivity index (χ4n) is 5.13. The Bertz CT molecular complexity index is 969. The van der Waals surface area contributed by atoms with Crippen molar-refractivity contribution < 1.29 is 19.3 Å². The molecule has 3 aliphatic rings. The predicted octanol–water partition coefficient (Wildman–Crippen LogP) is 2.62. The molecule has 3 atom stereocenters. The zero-order chi connectivity index (χ0) is 22.0. The summed E-state index contributed by atoms with van der Waals surface area (Å²) >= 11 is 0. The van der Waals surface area contributed by atoms with Gasteiger partial charge in [-0.25, -0.2) is 4.79 Å². The normalized spacial score (nSPS) is 28.9. The maximum absolute atomic E-state index is 13.8. The van der Waals surface area contributed by atoms with Gasteiger partial charge in [-0.1, -0.05) is 6.92 Å². The number of anilines is 1. The van der Waals surface area contributed by atoms with Gasteiger partial charge in [0.15, 0.2) is 5.41 Å². The van der Waals surface area contributed by atoms with Gasteiger partial charge in [0.2, 0.25) is 11.8 Å². The number of amides is 4. The van der Waals surface area contributed by atoms with Gasteiger partial charge >= 0.3 is 6.03 Å². The van der Waals surface area contributed by atoms with E-state index in [0.29, 0.717) is 24.4 Å². The maximum atomic E-state index is 13.8. The summed E-state index contributed by atoms with van der Waals surface area (Å²) in [6.07, 6.45) is 1.55. The molecule has 0 unspecified atom stereocenters. The Morgan fingerprint density at radius 2 is 1.93 bits per heavy atom. The average molecular weight is 414 g/mol. The second-order valence-electron chi connectivity index (χ2n) is 9.63. The van der Waals surface area contributed by atoms with Crippen molar-refractivity contribution in [1.29, 1.82) is 0 Å². The molecule has 160 valence electrons. The smallest absolute Gasteiger partial charge is 0.331 e. The van der Waals surface area contributed by atoms with E-state index < -0.39 is 39.8 Å². The standard InChI is InChI=1S/C21H26N4O5/c1-12-7-8-23-15-6-5-14(25(29)30)10-13(15)11-21(16(23)9-12)17(26)22-19(28)24(18(21)27)20(2,3)4/h5-6,10,12,16H,7-9,11H2,1-4H3,(H,22,26,28)/t12-,16+,21-/m1/s1. The number of hydrogen-bond donors (Lipinski definition) is 1. The van der Waals surface area contributed by atoms with Crippen LogP contribution in [0.4, 0.5) is 16.2 Å². The van der Waals surface area contributed by atoms with Crippen molar-refractivity contribution in [1.82, 2.24) is 10.2 Å². The third-order valence-corrected chi connectivity index (χ3v) is 6.57. The number of fused-ring (bicyclic) bond motifs is 4. The van der Waals surface area contributed by atoms with Crippen molar-refractivity contribution in [3.63, 3.8) is 0 Å². The molecule has 30 heavy (non-hydrogen) atoms. The number of hydrogen-bond acceptors (Lipinski definition) is 6. The first kappa shape index (κ1) is 20.3. The largest absolute Gasteiger partial charge is 0.367 e. The highest BCUT2D eigenvalue weighted by molar-refractivity contribution is 6.20. The van der Waals surface area contributed by atoms with Crippen LogP contribution in [0, 0.1) is 21.4 Å². The number of nitro benzene ring substituents is 1. The molecule has 0 aliphatic carbocycles. The number of nitrogens with zero attached hydrogens (tertiary/aromatic N) is 3. The monoisotopic (exact) mass is 414 g/mol. The van der Waals surface area contributed by atoms with E-state index in [9.17, 15) is 24.5 Å². The van der Waals surface area contributed by atoms with Gasteiger partial charge in [-0.05, 0) is 51.2 Å². The van der Waals surface area contributed by atoms with E-state index in [4.69, 9.17) is 0 Å². The van der Waals surface area contributed by atoms with Crippen molar-refractivity contribution in [2.24, 2.45) is 11.3 Å². The number of benzene rings is 1. The molecular formula is C21H26N4O5. The van der Waals surface area contributed by atoms with Crippen LogP contribution >= 0.6 is 0 Å². The lowest BCUT2D eigenvalue weighted by molar-refractivity contribution is -0.384. The zero-order valence-corrected chi connectivity index (χ0v) is 17.6. The first-order valence-electron chi connectivity index (χ1n) is 10.2. The second-order valence-corrected chi connectivity index (χ2v) is 9.63. The van der Waals surface area contributed by atoms with Crippen molar-refractivity contribution in [3.8, 4) is 0 Å². The molecule has 2 fully saturated rings. The molecule has 4 rings (SSSR count). The first-order valence-corrected chi connectivity index (χ1v) is 10.2. The summed E-state index contributed by atoms with van der Waals surface area (Å²) in [6.45, 7) is 7.97. The van der Waals surface area contributed by atoms with Gasteiger partial charge in [0.05, 0.1) is 11.0 Å². The number of nitro groups is 1. The Balaban J connectivity index is 1.91. The first-order chi connectivity index (χ1) is 14.0. The van der Waals surface area contributed by atoms with Crippen LogP contribution in [0.1, 0.15) is 46.1 Å². The van der Waals surface area contributed by atoms with E-state index in [-0.39, 0.29) is 12.1 Å². The average Bonchev–Trinajstić information content (AvgIpc) is 2.64. The molecule has 0 aromatic heterocycles. The number of non-ortho nitro benzene ring substituents is 1. The molecule has 1 N–H and O–H groups in total. The summed E-state index contributed by atoms with van der Waals surface area (Å²) in [4.78, 5) is 53.7. The highest BCUT2D eigenvalue weighted by Crippen LogP contribution is 2.49. The Hall–Kier alpha value is -2.97. The highest BCUT2D eigenvalue weighted by atomic mass is 16.6. The minimum atomic E-state index is -1.50. The SMILES string of the molecule is C[C@@H]1CCN2c3ccc([N+](=O)[O-])cc3C[C@]3(C(=O)NC(=O)N(C(C)(C)C)C3=O)[C@@H]2C1. The summed E-state index contributed by atoms with van der Waals surface area (Å²) < 4.78 is 0. The number of piperidine rings is 1. The van der Waals surface area contributed by atoms with E-state index in [1.165, 1.54) is 12.1 Å². The third kappa shape index (κ3) is 2.79. The van der Waals surface area contributed by atoms with Gasteiger partial charge in [-0.2, -0.15) is 0 Å². The Morgan fingerprint density at radius 3 is 2.57 bits per heavy atom. The van der Waals surface area contributed by atoms with Crippen LogP contribution in [0.25, 0.3) is 0 Å².